The summed E-state index contributed by atoms with van der Waals surface area (Å²) in [6.45, 7) is 0. The summed E-state index contributed by atoms with van der Waals surface area (Å²) in [5.74, 6) is -1.73. The first-order valence-electron chi connectivity index (χ1n) is 8.25. The van der Waals surface area contributed by atoms with E-state index in [2.05, 4.69) is 10.3 Å². The highest BCUT2D eigenvalue weighted by atomic mass is 19.1. The molecule has 2 aromatic carbocycles. The monoisotopic (exact) mass is 359 g/mol. The Balaban J connectivity index is 1.74. The molecule has 0 radical (unpaired) electrons. The van der Waals surface area contributed by atoms with Crippen molar-refractivity contribution >= 4 is 28.3 Å². The van der Waals surface area contributed by atoms with E-state index in [0.717, 1.165) is 5.52 Å². The minimum atomic E-state index is -0.733. The van der Waals surface area contributed by atoms with Crippen molar-refractivity contribution in [1.29, 1.82) is 0 Å². The highest BCUT2D eigenvalue weighted by Gasteiger charge is 2.22. The molecule has 2 heterocycles. The van der Waals surface area contributed by atoms with Gasteiger partial charge in [-0.15, -0.1) is 0 Å². The molecule has 0 saturated heterocycles. The van der Waals surface area contributed by atoms with Crippen LogP contribution in [0.3, 0.4) is 0 Å². The lowest BCUT2D eigenvalue weighted by atomic mass is 10.1. The number of fused-ring (bicyclic) bond motifs is 1. The Morgan fingerprint density at radius 3 is 2.37 bits per heavy atom. The molecule has 1 amide bonds. The summed E-state index contributed by atoms with van der Waals surface area (Å²) in [7, 11) is 0. The maximum atomic E-state index is 13.2. The SMILES string of the molecule is O=C(Nc1ccncc1)C(=O)c1cn(-c2ccc(F)cc2)c2ccccc12. The van der Waals surface area contributed by atoms with E-state index in [1.165, 1.54) is 24.5 Å². The first kappa shape index (κ1) is 16.7. The van der Waals surface area contributed by atoms with Gasteiger partial charge in [-0.1, -0.05) is 18.2 Å². The second kappa shape index (κ2) is 6.84. The molecular formula is C21H14FN3O2. The predicted octanol–water partition coefficient (Wildman–Crippen LogP) is 3.99. The third-order valence-corrected chi connectivity index (χ3v) is 4.21. The molecule has 2 aromatic heterocycles. The molecule has 5 nitrogen and oxygen atoms in total. The van der Waals surface area contributed by atoms with Gasteiger partial charge in [0.25, 0.3) is 11.7 Å². The molecule has 0 bridgehead atoms. The molecule has 0 unspecified atom stereocenters. The molecular weight excluding hydrogens is 345 g/mol. The Kier molecular flexibility index (Phi) is 4.22. The Hall–Kier alpha value is -3.80. The molecule has 0 aliphatic rings. The Labute approximate surface area is 154 Å². The number of aromatic nitrogens is 2. The highest BCUT2D eigenvalue weighted by molar-refractivity contribution is 6.48. The van der Waals surface area contributed by atoms with E-state index < -0.39 is 11.7 Å². The summed E-state index contributed by atoms with van der Waals surface area (Å²) in [5.41, 5.74) is 2.22. The zero-order valence-electron chi connectivity index (χ0n) is 14.1. The van der Waals surface area contributed by atoms with Crippen molar-refractivity contribution in [2.75, 3.05) is 5.32 Å². The molecule has 4 aromatic rings. The van der Waals surface area contributed by atoms with Crippen LogP contribution in [0.25, 0.3) is 16.6 Å². The number of benzene rings is 2. The van der Waals surface area contributed by atoms with Crippen LogP contribution in [0.2, 0.25) is 0 Å². The van der Waals surface area contributed by atoms with Gasteiger partial charge in [-0.3, -0.25) is 14.6 Å². The average molecular weight is 359 g/mol. The lowest BCUT2D eigenvalue weighted by Crippen LogP contribution is -2.22. The van der Waals surface area contributed by atoms with E-state index in [9.17, 15) is 14.0 Å². The Morgan fingerprint density at radius 1 is 0.926 bits per heavy atom. The van der Waals surface area contributed by atoms with E-state index in [1.807, 2.05) is 12.1 Å². The van der Waals surface area contributed by atoms with Crippen molar-refractivity contribution in [3.8, 4) is 5.69 Å². The third kappa shape index (κ3) is 3.20. The zero-order chi connectivity index (χ0) is 18.8. The third-order valence-electron chi connectivity index (χ3n) is 4.21. The van der Waals surface area contributed by atoms with Gasteiger partial charge >= 0.3 is 0 Å². The number of pyridine rings is 1. The van der Waals surface area contributed by atoms with Gasteiger partial charge in [0.05, 0.1) is 11.1 Å². The zero-order valence-corrected chi connectivity index (χ0v) is 14.1. The van der Waals surface area contributed by atoms with Crippen LogP contribution < -0.4 is 5.32 Å². The summed E-state index contributed by atoms with van der Waals surface area (Å²) in [6, 6.07) is 16.4. The first-order chi connectivity index (χ1) is 13.1. The molecule has 1 N–H and O–H groups in total. The maximum absolute atomic E-state index is 13.2. The Morgan fingerprint density at radius 2 is 1.63 bits per heavy atom. The van der Waals surface area contributed by atoms with Crippen molar-refractivity contribution in [2.45, 2.75) is 0 Å². The minimum Gasteiger partial charge on any atom is -0.319 e. The summed E-state index contributed by atoms with van der Waals surface area (Å²) >= 11 is 0. The van der Waals surface area contributed by atoms with E-state index in [4.69, 9.17) is 0 Å². The summed E-state index contributed by atoms with van der Waals surface area (Å²) < 4.78 is 15.0. The number of hydrogen-bond acceptors (Lipinski definition) is 3. The van der Waals surface area contributed by atoms with Gasteiger partial charge in [0, 0.05) is 35.4 Å². The van der Waals surface area contributed by atoms with Crippen molar-refractivity contribution in [3.05, 3.63) is 90.6 Å². The van der Waals surface area contributed by atoms with Gasteiger partial charge < -0.3 is 9.88 Å². The van der Waals surface area contributed by atoms with Gasteiger partial charge in [0.15, 0.2) is 0 Å². The van der Waals surface area contributed by atoms with E-state index >= 15 is 0 Å². The number of carbonyl (C=O) groups is 2. The fraction of sp³-hybridized carbons (Fsp3) is 0. The first-order valence-corrected chi connectivity index (χ1v) is 8.25. The molecule has 0 aliphatic carbocycles. The number of rotatable bonds is 4. The van der Waals surface area contributed by atoms with Crippen LogP contribution in [0.1, 0.15) is 10.4 Å². The maximum Gasteiger partial charge on any atom is 0.296 e. The van der Waals surface area contributed by atoms with Crippen molar-refractivity contribution in [1.82, 2.24) is 9.55 Å². The number of amides is 1. The number of nitrogens with zero attached hydrogens (tertiary/aromatic N) is 2. The largest absolute Gasteiger partial charge is 0.319 e. The van der Waals surface area contributed by atoms with Crippen LogP contribution in [-0.4, -0.2) is 21.2 Å². The number of halogens is 1. The molecule has 0 aliphatic heterocycles. The van der Waals surface area contributed by atoms with Crippen LogP contribution in [-0.2, 0) is 4.79 Å². The normalized spacial score (nSPS) is 10.7. The molecule has 0 atom stereocenters. The molecule has 0 fully saturated rings. The predicted molar refractivity (Wildman–Crippen MR) is 100 cm³/mol. The van der Waals surface area contributed by atoms with Crippen LogP contribution in [0.4, 0.5) is 10.1 Å². The number of nitrogens with one attached hydrogen (secondary N) is 1. The van der Waals surface area contributed by atoms with Gasteiger partial charge in [-0.25, -0.2) is 4.39 Å². The molecule has 132 valence electrons. The van der Waals surface area contributed by atoms with Crippen molar-refractivity contribution < 1.29 is 14.0 Å². The number of ketones is 1. The average Bonchev–Trinajstić information content (AvgIpc) is 3.08. The van der Waals surface area contributed by atoms with Crippen LogP contribution in [0, 0.1) is 5.82 Å². The minimum absolute atomic E-state index is 0.279. The highest BCUT2D eigenvalue weighted by Crippen LogP contribution is 2.25. The van der Waals surface area contributed by atoms with Gasteiger partial charge in [-0.05, 0) is 42.5 Å². The quantitative estimate of drug-likeness (QED) is 0.443. The number of Topliss-reactive ketones (excluding diaryl/α,β-unsaturated/α-hetero) is 1. The van der Waals surface area contributed by atoms with E-state index in [-0.39, 0.29) is 11.4 Å². The van der Waals surface area contributed by atoms with Gasteiger partial charge in [0.2, 0.25) is 0 Å². The second-order valence-corrected chi connectivity index (χ2v) is 5.93. The van der Waals surface area contributed by atoms with Crippen molar-refractivity contribution in [2.24, 2.45) is 0 Å². The number of anilines is 1. The fourth-order valence-electron chi connectivity index (χ4n) is 2.92. The Bertz CT molecular complexity index is 1140. The molecule has 6 heteroatoms. The standard InChI is InChI=1S/C21H14FN3O2/c22-14-5-7-16(8-6-14)25-13-18(17-3-1-2-4-19(17)25)20(26)21(27)24-15-9-11-23-12-10-15/h1-13H,(H,23,24,27). The summed E-state index contributed by atoms with van der Waals surface area (Å²) in [4.78, 5) is 29.0. The van der Waals surface area contributed by atoms with Crippen LogP contribution in [0.5, 0.6) is 0 Å². The summed E-state index contributed by atoms with van der Waals surface area (Å²) in [5, 5.41) is 3.22. The smallest absolute Gasteiger partial charge is 0.296 e. The number of hydrogen-bond donors (Lipinski definition) is 1. The molecule has 0 spiro atoms. The van der Waals surface area contributed by atoms with Gasteiger partial charge in [0.1, 0.15) is 5.82 Å². The van der Waals surface area contributed by atoms with Crippen LogP contribution in [0.15, 0.2) is 79.3 Å². The lowest BCUT2D eigenvalue weighted by Gasteiger charge is -2.04. The van der Waals surface area contributed by atoms with Crippen molar-refractivity contribution in [3.63, 3.8) is 0 Å². The summed E-state index contributed by atoms with van der Waals surface area (Å²) in [6.07, 6.45) is 4.66. The number of para-hydroxylation sites is 1. The van der Waals surface area contributed by atoms with E-state index in [0.29, 0.717) is 16.8 Å². The number of carbonyl (C=O) groups excluding carboxylic acids is 2. The van der Waals surface area contributed by atoms with Crippen LogP contribution >= 0.6 is 0 Å². The lowest BCUT2D eigenvalue weighted by molar-refractivity contribution is -0.112. The van der Waals surface area contributed by atoms with E-state index in [1.54, 1.807) is 47.2 Å². The topological polar surface area (TPSA) is 64.0 Å². The molecule has 27 heavy (non-hydrogen) atoms. The fourth-order valence-corrected chi connectivity index (χ4v) is 2.92. The second-order valence-electron chi connectivity index (χ2n) is 5.93. The van der Waals surface area contributed by atoms with Gasteiger partial charge in [-0.2, -0.15) is 0 Å². The molecule has 0 saturated carbocycles. The molecule has 4 rings (SSSR count).